The lowest BCUT2D eigenvalue weighted by Gasteiger charge is -2.29. The summed E-state index contributed by atoms with van der Waals surface area (Å²) in [4.78, 5) is 34.8. The molecule has 7 heteroatoms. The fraction of sp³-hybridized carbons (Fsp3) is 0.591. The van der Waals surface area contributed by atoms with E-state index in [1.54, 1.807) is 45.0 Å². The second-order valence-corrected chi connectivity index (χ2v) is 9.21. The number of hydrogen-bond acceptors (Lipinski definition) is 6. The first-order valence-corrected chi connectivity index (χ1v) is 10.7. The normalized spacial score (nSPS) is 13.4. The summed E-state index contributed by atoms with van der Waals surface area (Å²) in [6.07, 6.45) is 1.98. The highest BCUT2D eigenvalue weighted by molar-refractivity contribution is 8.13. The van der Waals surface area contributed by atoms with Crippen molar-refractivity contribution in [1.29, 1.82) is 0 Å². The van der Waals surface area contributed by atoms with Crippen molar-refractivity contribution < 1.29 is 29.0 Å². The zero-order chi connectivity index (χ0) is 22.1. The predicted octanol–water partition coefficient (Wildman–Crippen LogP) is 4.45. The van der Waals surface area contributed by atoms with Crippen molar-refractivity contribution in [1.82, 2.24) is 0 Å². The van der Waals surface area contributed by atoms with Crippen molar-refractivity contribution in [2.75, 3.05) is 19.0 Å². The average Bonchev–Trinajstić information content (AvgIpc) is 2.65. The second kappa shape index (κ2) is 11.2. The van der Waals surface area contributed by atoms with Gasteiger partial charge in [0.25, 0.3) is 0 Å². The molecule has 1 unspecified atom stereocenters. The summed E-state index contributed by atoms with van der Waals surface area (Å²) < 4.78 is 10.3. The predicted molar refractivity (Wildman–Crippen MR) is 114 cm³/mol. The Kier molecular flexibility index (Phi) is 9.70. The molecule has 0 amide bonds. The SMILES string of the molecule is CCOC(=O)COc1cccc(C(C)(CCCC(C)(C)CSC(C)=O)C(=O)O)c1. The minimum Gasteiger partial charge on any atom is -0.482 e. The van der Waals surface area contributed by atoms with Crippen LogP contribution >= 0.6 is 11.8 Å². The van der Waals surface area contributed by atoms with Gasteiger partial charge in [0.05, 0.1) is 12.0 Å². The zero-order valence-corrected chi connectivity index (χ0v) is 18.8. The summed E-state index contributed by atoms with van der Waals surface area (Å²) in [5.41, 5.74) is -0.504. The third-order valence-electron chi connectivity index (χ3n) is 4.80. The lowest BCUT2D eigenvalue weighted by molar-refractivity contribution is -0.145. The topological polar surface area (TPSA) is 89.9 Å². The van der Waals surface area contributed by atoms with Gasteiger partial charge in [-0.3, -0.25) is 9.59 Å². The minimum atomic E-state index is -1.08. The van der Waals surface area contributed by atoms with Gasteiger partial charge in [-0.1, -0.05) is 44.2 Å². The van der Waals surface area contributed by atoms with Crippen LogP contribution in [0.15, 0.2) is 24.3 Å². The average molecular weight is 425 g/mol. The molecule has 0 aliphatic rings. The number of carbonyl (C=O) groups is 3. The highest BCUT2D eigenvalue weighted by Gasteiger charge is 2.35. The van der Waals surface area contributed by atoms with E-state index in [0.29, 0.717) is 29.9 Å². The van der Waals surface area contributed by atoms with Crippen LogP contribution < -0.4 is 4.74 Å². The van der Waals surface area contributed by atoms with Crippen LogP contribution in [-0.2, 0) is 24.5 Å². The molecule has 0 saturated carbocycles. The molecule has 1 atom stereocenters. The van der Waals surface area contributed by atoms with E-state index in [1.807, 2.05) is 0 Å². The Bertz CT molecular complexity index is 715. The summed E-state index contributed by atoms with van der Waals surface area (Å²) in [6.45, 7) is 9.22. The molecule has 0 heterocycles. The van der Waals surface area contributed by atoms with Crippen LogP contribution in [-0.4, -0.2) is 41.1 Å². The first kappa shape index (κ1) is 25.0. The molecule has 29 heavy (non-hydrogen) atoms. The number of benzene rings is 1. The van der Waals surface area contributed by atoms with E-state index in [1.165, 1.54) is 11.8 Å². The first-order valence-electron chi connectivity index (χ1n) is 9.76. The lowest BCUT2D eigenvalue weighted by atomic mass is 9.76. The van der Waals surface area contributed by atoms with Crippen molar-refractivity contribution in [2.24, 2.45) is 5.41 Å². The number of aliphatic carboxylic acids is 1. The highest BCUT2D eigenvalue weighted by atomic mass is 32.2. The minimum absolute atomic E-state index is 0.0552. The van der Waals surface area contributed by atoms with E-state index < -0.39 is 17.4 Å². The van der Waals surface area contributed by atoms with Gasteiger partial charge in [-0.2, -0.15) is 0 Å². The van der Waals surface area contributed by atoms with E-state index in [0.717, 1.165) is 6.42 Å². The number of carbonyl (C=O) groups excluding carboxylic acids is 2. The van der Waals surface area contributed by atoms with Crippen molar-refractivity contribution in [2.45, 2.75) is 59.3 Å². The molecule has 1 aromatic rings. The second-order valence-electron chi connectivity index (χ2n) is 8.06. The Hall–Kier alpha value is -2.02. The molecule has 0 aromatic heterocycles. The van der Waals surface area contributed by atoms with Gasteiger partial charge in [0.2, 0.25) is 0 Å². The first-order chi connectivity index (χ1) is 13.5. The summed E-state index contributed by atoms with van der Waals surface area (Å²) in [5.74, 6) is -0.231. The van der Waals surface area contributed by atoms with Crippen LogP contribution in [0.1, 0.15) is 59.4 Å². The number of thioether (sulfide) groups is 1. The Labute approximate surface area is 177 Å². The Morgan fingerprint density at radius 1 is 1.14 bits per heavy atom. The number of carboxylic acid groups (broad SMARTS) is 1. The van der Waals surface area contributed by atoms with Crippen LogP contribution in [0.4, 0.5) is 0 Å². The maximum atomic E-state index is 12.1. The number of carboxylic acids is 1. The molecule has 0 spiro atoms. The van der Waals surface area contributed by atoms with Gasteiger partial charge < -0.3 is 14.6 Å². The van der Waals surface area contributed by atoms with Crippen molar-refractivity contribution in [3.05, 3.63) is 29.8 Å². The van der Waals surface area contributed by atoms with E-state index in [4.69, 9.17) is 9.47 Å². The number of rotatable bonds is 12. The molecule has 1 N–H and O–H groups in total. The molecular weight excluding hydrogens is 392 g/mol. The quantitative estimate of drug-likeness (QED) is 0.496. The number of esters is 1. The number of ether oxygens (including phenoxy) is 2. The molecule has 0 radical (unpaired) electrons. The Balaban J connectivity index is 2.82. The maximum Gasteiger partial charge on any atom is 0.344 e. The molecule has 1 aromatic carbocycles. The summed E-state index contributed by atoms with van der Waals surface area (Å²) in [7, 11) is 0. The van der Waals surface area contributed by atoms with Crippen LogP contribution in [0.3, 0.4) is 0 Å². The molecule has 1 rings (SSSR count). The fourth-order valence-corrected chi connectivity index (χ4v) is 3.68. The fourth-order valence-electron chi connectivity index (χ4n) is 2.94. The van der Waals surface area contributed by atoms with Crippen molar-refractivity contribution >= 4 is 28.8 Å². The smallest absolute Gasteiger partial charge is 0.344 e. The zero-order valence-electron chi connectivity index (χ0n) is 17.9. The van der Waals surface area contributed by atoms with Gasteiger partial charge in [-0.25, -0.2) is 4.79 Å². The molecule has 6 nitrogen and oxygen atoms in total. The molecule has 0 aliphatic heterocycles. The lowest BCUT2D eigenvalue weighted by Crippen LogP contribution is -2.33. The summed E-state index contributed by atoms with van der Waals surface area (Å²) in [5, 5.41) is 10.00. The van der Waals surface area contributed by atoms with E-state index in [9.17, 15) is 19.5 Å². The molecule has 0 bridgehead atoms. The van der Waals surface area contributed by atoms with E-state index in [-0.39, 0.29) is 23.7 Å². The third kappa shape index (κ3) is 8.48. The maximum absolute atomic E-state index is 12.1. The van der Waals surface area contributed by atoms with Crippen LogP contribution in [0.2, 0.25) is 0 Å². The highest BCUT2D eigenvalue weighted by Crippen LogP contribution is 2.35. The Morgan fingerprint density at radius 2 is 1.83 bits per heavy atom. The summed E-state index contributed by atoms with van der Waals surface area (Å²) in [6, 6.07) is 6.85. The van der Waals surface area contributed by atoms with Gasteiger partial charge >= 0.3 is 11.9 Å². The van der Waals surface area contributed by atoms with Crippen LogP contribution in [0.5, 0.6) is 5.75 Å². The summed E-state index contributed by atoms with van der Waals surface area (Å²) >= 11 is 1.30. The monoisotopic (exact) mass is 424 g/mol. The van der Waals surface area contributed by atoms with Gasteiger partial charge in [0.1, 0.15) is 5.75 Å². The van der Waals surface area contributed by atoms with E-state index in [2.05, 4.69) is 13.8 Å². The molecule has 162 valence electrons. The van der Waals surface area contributed by atoms with E-state index >= 15 is 0 Å². The molecule has 0 saturated heterocycles. The Morgan fingerprint density at radius 3 is 2.41 bits per heavy atom. The van der Waals surface area contributed by atoms with Crippen LogP contribution in [0.25, 0.3) is 0 Å². The molecule has 0 aliphatic carbocycles. The van der Waals surface area contributed by atoms with Gasteiger partial charge in [0, 0.05) is 12.7 Å². The largest absolute Gasteiger partial charge is 0.482 e. The van der Waals surface area contributed by atoms with Crippen LogP contribution in [0, 0.1) is 5.41 Å². The molecule has 0 fully saturated rings. The van der Waals surface area contributed by atoms with Gasteiger partial charge in [0.15, 0.2) is 11.7 Å². The standard InChI is InChI=1S/C22H32O6S/c1-6-27-19(24)14-28-18-10-7-9-17(13-18)22(5,20(25)26)12-8-11-21(3,4)15-29-16(2)23/h7,9-10,13H,6,8,11-12,14-15H2,1-5H3,(H,25,26). The van der Waals surface area contributed by atoms with Gasteiger partial charge in [-0.15, -0.1) is 0 Å². The third-order valence-corrected chi connectivity index (χ3v) is 6.13. The van der Waals surface area contributed by atoms with Crippen molar-refractivity contribution in [3.8, 4) is 5.75 Å². The molecular formula is C22H32O6S. The number of hydrogen-bond donors (Lipinski definition) is 1. The van der Waals surface area contributed by atoms with Gasteiger partial charge in [-0.05, 0) is 49.8 Å². The van der Waals surface area contributed by atoms with Crippen molar-refractivity contribution in [3.63, 3.8) is 0 Å².